The smallest absolute Gasteiger partial charge is 0.138 e. The topological polar surface area (TPSA) is 42.7 Å². The van der Waals surface area contributed by atoms with E-state index in [0.29, 0.717) is 12.0 Å². The van der Waals surface area contributed by atoms with Crippen LogP contribution in [0.25, 0.3) is 0 Å². The van der Waals surface area contributed by atoms with Gasteiger partial charge in [-0.15, -0.1) is 0 Å². The van der Waals surface area contributed by atoms with Crippen molar-refractivity contribution < 1.29 is 0 Å². The Morgan fingerprint density at radius 2 is 1.95 bits per heavy atom. The molecule has 1 aromatic heterocycles. The van der Waals surface area contributed by atoms with Crippen LogP contribution in [0.1, 0.15) is 72.0 Å². The Kier molecular flexibility index (Phi) is 9.31. The standard InChI is InChI=1S/C17H34N4/c1-5-7-8-9-10-16(18-11-6-2)12-17-19-14-20-21(17)13-15(3)4/h14-16,18H,5-13H2,1-4H3. The average Bonchev–Trinajstić information content (AvgIpc) is 2.87. The van der Waals surface area contributed by atoms with Crippen LogP contribution in [0.5, 0.6) is 0 Å². The highest BCUT2D eigenvalue weighted by Gasteiger charge is 2.13. The lowest BCUT2D eigenvalue weighted by atomic mass is 10.0. The van der Waals surface area contributed by atoms with E-state index in [0.717, 1.165) is 25.3 Å². The van der Waals surface area contributed by atoms with Crippen LogP contribution in [-0.4, -0.2) is 27.4 Å². The number of hydrogen-bond acceptors (Lipinski definition) is 3. The van der Waals surface area contributed by atoms with E-state index in [-0.39, 0.29) is 0 Å². The summed E-state index contributed by atoms with van der Waals surface area (Å²) in [5.41, 5.74) is 0. The molecule has 1 aromatic rings. The molecule has 1 rings (SSSR count). The van der Waals surface area contributed by atoms with E-state index < -0.39 is 0 Å². The van der Waals surface area contributed by atoms with E-state index in [1.807, 2.05) is 0 Å². The molecule has 4 nitrogen and oxygen atoms in total. The zero-order valence-corrected chi connectivity index (χ0v) is 14.4. The zero-order valence-electron chi connectivity index (χ0n) is 14.4. The summed E-state index contributed by atoms with van der Waals surface area (Å²) < 4.78 is 2.08. The van der Waals surface area contributed by atoms with Gasteiger partial charge in [0.15, 0.2) is 0 Å². The molecular weight excluding hydrogens is 260 g/mol. The second-order valence-electron chi connectivity index (χ2n) is 6.46. The van der Waals surface area contributed by atoms with Gasteiger partial charge in [-0.1, -0.05) is 53.4 Å². The molecule has 0 aliphatic carbocycles. The Morgan fingerprint density at radius 1 is 1.14 bits per heavy atom. The highest BCUT2D eigenvalue weighted by Crippen LogP contribution is 2.11. The number of rotatable bonds is 12. The van der Waals surface area contributed by atoms with Gasteiger partial charge < -0.3 is 5.32 Å². The molecule has 0 spiro atoms. The third-order valence-corrected chi connectivity index (χ3v) is 3.75. The maximum Gasteiger partial charge on any atom is 0.138 e. The third kappa shape index (κ3) is 7.60. The molecule has 1 heterocycles. The maximum atomic E-state index is 4.47. The minimum Gasteiger partial charge on any atom is -0.314 e. The van der Waals surface area contributed by atoms with Gasteiger partial charge in [0, 0.05) is 19.0 Å². The van der Waals surface area contributed by atoms with Crippen molar-refractivity contribution in [2.75, 3.05) is 6.54 Å². The monoisotopic (exact) mass is 294 g/mol. The van der Waals surface area contributed by atoms with E-state index in [1.165, 1.54) is 38.5 Å². The van der Waals surface area contributed by atoms with Crippen LogP contribution in [0.15, 0.2) is 6.33 Å². The molecule has 4 heteroatoms. The van der Waals surface area contributed by atoms with Crippen molar-refractivity contribution in [2.45, 2.75) is 85.2 Å². The van der Waals surface area contributed by atoms with Gasteiger partial charge in [0.05, 0.1) is 0 Å². The maximum absolute atomic E-state index is 4.47. The Bertz CT molecular complexity index is 359. The van der Waals surface area contributed by atoms with Crippen LogP contribution >= 0.6 is 0 Å². The fourth-order valence-electron chi connectivity index (χ4n) is 2.61. The number of nitrogens with zero attached hydrogens (tertiary/aromatic N) is 3. The lowest BCUT2D eigenvalue weighted by molar-refractivity contribution is 0.417. The zero-order chi connectivity index (χ0) is 15.5. The second-order valence-corrected chi connectivity index (χ2v) is 6.46. The molecule has 0 saturated carbocycles. The van der Waals surface area contributed by atoms with Crippen LogP contribution < -0.4 is 5.32 Å². The van der Waals surface area contributed by atoms with Crippen molar-refractivity contribution in [3.8, 4) is 0 Å². The first-order chi connectivity index (χ1) is 10.2. The van der Waals surface area contributed by atoms with Crippen molar-refractivity contribution in [2.24, 2.45) is 5.92 Å². The SMILES string of the molecule is CCCCCCC(Cc1ncnn1CC(C)C)NCCC. The summed E-state index contributed by atoms with van der Waals surface area (Å²) in [7, 11) is 0. The second kappa shape index (κ2) is 10.8. The molecule has 1 N–H and O–H groups in total. The lowest BCUT2D eigenvalue weighted by Crippen LogP contribution is -2.33. The quantitative estimate of drug-likeness (QED) is 0.596. The van der Waals surface area contributed by atoms with Gasteiger partial charge in [0.2, 0.25) is 0 Å². The predicted octanol–water partition coefficient (Wildman–Crippen LogP) is 3.82. The van der Waals surface area contributed by atoms with Gasteiger partial charge in [-0.25, -0.2) is 9.67 Å². The summed E-state index contributed by atoms with van der Waals surface area (Å²) in [5, 5.41) is 8.06. The molecule has 0 saturated heterocycles. The Labute approximate surface area is 130 Å². The van der Waals surface area contributed by atoms with Gasteiger partial charge in [0.25, 0.3) is 0 Å². The van der Waals surface area contributed by atoms with E-state index in [4.69, 9.17) is 0 Å². The highest BCUT2D eigenvalue weighted by molar-refractivity contribution is 4.90. The Hall–Kier alpha value is -0.900. The van der Waals surface area contributed by atoms with E-state index >= 15 is 0 Å². The van der Waals surface area contributed by atoms with Gasteiger partial charge in [-0.3, -0.25) is 0 Å². The normalized spacial score (nSPS) is 13.0. The molecule has 0 amide bonds. The first-order valence-corrected chi connectivity index (χ1v) is 8.77. The molecule has 21 heavy (non-hydrogen) atoms. The molecule has 0 radical (unpaired) electrons. The Balaban J connectivity index is 2.52. The molecule has 0 aromatic carbocycles. The summed E-state index contributed by atoms with van der Waals surface area (Å²) in [4.78, 5) is 4.47. The van der Waals surface area contributed by atoms with Crippen molar-refractivity contribution in [3.63, 3.8) is 0 Å². The van der Waals surface area contributed by atoms with Crippen LogP contribution in [0, 0.1) is 5.92 Å². The molecule has 0 fully saturated rings. The van der Waals surface area contributed by atoms with Gasteiger partial charge in [-0.2, -0.15) is 5.10 Å². The number of unbranched alkanes of at least 4 members (excludes halogenated alkanes) is 3. The van der Waals surface area contributed by atoms with Crippen LogP contribution in [0.2, 0.25) is 0 Å². The molecule has 0 bridgehead atoms. The molecular formula is C17H34N4. The number of aromatic nitrogens is 3. The summed E-state index contributed by atoms with van der Waals surface area (Å²) in [6.07, 6.45) is 10.4. The minimum absolute atomic E-state index is 0.539. The molecule has 0 aliphatic heterocycles. The number of nitrogens with one attached hydrogen (secondary N) is 1. The summed E-state index contributed by atoms with van der Waals surface area (Å²) >= 11 is 0. The first-order valence-electron chi connectivity index (χ1n) is 8.77. The molecule has 1 atom stereocenters. The van der Waals surface area contributed by atoms with E-state index in [9.17, 15) is 0 Å². The van der Waals surface area contributed by atoms with Crippen molar-refractivity contribution >= 4 is 0 Å². The summed E-state index contributed by atoms with van der Waals surface area (Å²) in [6, 6.07) is 0.539. The first kappa shape index (κ1) is 18.1. The number of hydrogen-bond donors (Lipinski definition) is 1. The third-order valence-electron chi connectivity index (χ3n) is 3.75. The van der Waals surface area contributed by atoms with E-state index in [1.54, 1.807) is 6.33 Å². The Morgan fingerprint density at radius 3 is 2.62 bits per heavy atom. The fourth-order valence-corrected chi connectivity index (χ4v) is 2.61. The van der Waals surface area contributed by atoms with Gasteiger partial charge >= 0.3 is 0 Å². The van der Waals surface area contributed by atoms with Crippen molar-refractivity contribution in [1.82, 2.24) is 20.1 Å². The fraction of sp³-hybridized carbons (Fsp3) is 0.882. The van der Waals surface area contributed by atoms with Crippen LogP contribution in [-0.2, 0) is 13.0 Å². The van der Waals surface area contributed by atoms with Crippen LogP contribution in [0.4, 0.5) is 0 Å². The van der Waals surface area contributed by atoms with Crippen molar-refractivity contribution in [1.29, 1.82) is 0 Å². The molecule has 122 valence electrons. The van der Waals surface area contributed by atoms with Gasteiger partial charge in [-0.05, 0) is 25.3 Å². The summed E-state index contributed by atoms with van der Waals surface area (Å²) in [6.45, 7) is 11.0. The lowest BCUT2D eigenvalue weighted by Gasteiger charge is -2.19. The highest BCUT2D eigenvalue weighted by atomic mass is 15.3. The van der Waals surface area contributed by atoms with Gasteiger partial charge in [0.1, 0.15) is 12.2 Å². The molecule has 0 aliphatic rings. The predicted molar refractivity (Wildman–Crippen MR) is 89.4 cm³/mol. The average molecular weight is 294 g/mol. The molecule has 1 unspecified atom stereocenters. The largest absolute Gasteiger partial charge is 0.314 e. The minimum atomic E-state index is 0.539. The van der Waals surface area contributed by atoms with E-state index in [2.05, 4.69) is 47.8 Å². The summed E-state index contributed by atoms with van der Waals surface area (Å²) in [5.74, 6) is 1.74. The van der Waals surface area contributed by atoms with Crippen LogP contribution in [0.3, 0.4) is 0 Å². The van der Waals surface area contributed by atoms with Crippen molar-refractivity contribution in [3.05, 3.63) is 12.2 Å².